The van der Waals surface area contributed by atoms with Crippen molar-refractivity contribution in [1.29, 1.82) is 0 Å². The van der Waals surface area contributed by atoms with Crippen molar-refractivity contribution in [3.8, 4) is 17.1 Å². The van der Waals surface area contributed by atoms with E-state index in [4.69, 9.17) is 9.26 Å². The van der Waals surface area contributed by atoms with Gasteiger partial charge >= 0.3 is 0 Å². The van der Waals surface area contributed by atoms with Gasteiger partial charge in [0.2, 0.25) is 17.6 Å². The molecule has 1 atom stereocenters. The first-order valence-corrected chi connectivity index (χ1v) is 7.25. The third-order valence-corrected chi connectivity index (χ3v) is 3.61. The summed E-state index contributed by atoms with van der Waals surface area (Å²) in [5.41, 5.74) is 0.754. The zero-order valence-electron chi connectivity index (χ0n) is 12.3. The molecule has 1 aliphatic heterocycles. The molecule has 2 aromatic rings. The molecule has 3 rings (SSSR count). The van der Waals surface area contributed by atoms with Crippen LogP contribution in [0.5, 0.6) is 5.75 Å². The molecule has 1 aromatic carbocycles. The highest BCUT2D eigenvalue weighted by molar-refractivity contribution is 5.81. The molecule has 0 bridgehead atoms. The molecule has 1 fully saturated rings. The number of ether oxygens (including phenoxy) is 1. The predicted molar refractivity (Wildman–Crippen MR) is 79.2 cm³/mol. The van der Waals surface area contributed by atoms with Crippen molar-refractivity contribution in [2.75, 3.05) is 13.7 Å². The summed E-state index contributed by atoms with van der Waals surface area (Å²) >= 11 is 0. The number of carbonyl (C=O) groups excluding carboxylic acids is 1. The summed E-state index contributed by atoms with van der Waals surface area (Å²) < 4.78 is 10.5. The first-order chi connectivity index (χ1) is 10.8. The van der Waals surface area contributed by atoms with E-state index in [9.17, 15) is 4.79 Å². The number of hydrogen-bond acceptors (Lipinski definition) is 6. The average molecular weight is 302 g/mol. The van der Waals surface area contributed by atoms with E-state index in [0.717, 1.165) is 24.9 Å². The number of methoxy groups -OCH3 is 1. The second kappa shape index (κ2) is 6.57. The molecule has 1 saturated heterocycles. The second-order valence-electron chi connectivity index (χ2n) is 5.08. The van der Waals surface area contributed by atoms with Gasteiger partial charge in [-0.2, -0.15) is 4.98 Å². The van der Waals surface area contributed by atoms with Gasteiger partial charge in [-0.3, -0.25) is 4.79 Å². The van der Waals surface area contributed by atoms with Crippen LogP contribution in [0.1, 0.15) is 18.7 Å². The van der Waals surface area contributed by atoms with Crippen LogP contribution in [0, 0.1) is 0 Å². The lowest BCUT2D eigenvalue weighted by Crippen LogP contribution is -2.40. The Balaban J connectivity index is 1.65. The highest BCUT2D eigenvalue weighted by atomic mass is 16.5. The fourth-order valence-electron chi connectivity index (χ4n) is 2.46. The fraction of sp³-hybridized carbons (Fsp3) is 0.400. The SMILES string of the molecule is COc1ccccc1-c1noc(CNC(=O)C2CCCN2)n1. The van der Waals surface area contributed by atoms with Crippen molar-refractivity contribution in [2.24, 2.45) is 0 Å². The maximum Gasteiger partial charge on any atom is 0.246 e. The van der Waals surface area contributed by atoms with Crippen molar-refractivity contribution in [2.45, 2.75) is 25.4 Å². The summed E-state index contributed by atoms with van der Waals surface area (Å²) in [7, 11) is 1.59. The van der Waals surface area contributed by atoms with Crippen molar-refractivity contribution < 1.29 is 14.1 Å². The average Bonchev–Trinajstić information content (AvgIpc) is 3.24. The van der Waals surface area contributed by atoms with Gasteiger partial charge in [0.1, 0.15) is 5.75 Å². The van der Waals surface area contributed by atoms with Crippen LogP contribution in [0.2, 0.25) is 0 Å². The van der Waals surface area contributed by atoms with E-state index in [1.807, 2.05) is 24.3 Å². The zero-order chi connectivity index (χ0) is 15.4. The van der Waals surface area contributed by atoms with Gasteiger partial charge in [0.15, 0.2) is 0 Å². The molecular weight excluding hydrogens is 284 g/mol. The third kappa shape index (κ3) is 3.09. The number of nitrogens with one attached hydrogen (secondary N) is 2. The fourth-order valence-corrected chi connectivity index (χ4v) is 2.46. The van der Waals surface area contributed by atoms with E-state index < -0.39 is 0 Å². The molecule has 1 aromatic heterocycles. The first kappa shape index (κ1) is 14.5. The maximum atomic E-state index is 11.9. The number of benzene rings is 1. The number of rotatable bonds is 5. The maximum absolute atomic E-state index is 11.9. The summed E-state index contributed by atoms with van der Waals surface area (Å²) in [6.07, 6.45) is 1.89. The molecule has 22 heavy (non-hydrogen) atoms. The standard InChI is InChI=1S/C15H18N4O3/c1-21-12-7-3-2-5-10(12)14-18-13(22-19-14)9-17-15(20)11-6-4-8-16-11/h2-3,5,7,11,16H,4,6,8-9H2,1H3,(H,17,20). The number of hydrogen-bond donors (Lipinski definition) is 2. The Hall–Kier alpha value is -2.41. The number of amides is 1. The Morgan fingerprint density at radius 2 is 2.36 bits per heavy atom. The lowest BCUT2D eigenvalue weighted by molar-refractivity contribution is -0.123. The molecule has 0 aliphatic carbocycles. The molecular formula is C15H18N4O3. The van der Waals surface area contributed by atoms with E-state index in [0.29, 0.717) is 17.5 Å². The molecule has 1 amide bonds. The van der Waals surface area contributed by atoms with Crippen molar-refractivity contribution in [3.63, 3.8) is 0 Å². The van der Waals surface area contributed by atoms with Crippen LogP contribution in [0.4, 0.5) is 0 Å². The predicted octanol–water partition coefficient (Wildman–Crippen LogP) is 1.11. The minimum Gasteiger partial charge on any atom is -0.496 e. The van der Waals surface area contributed by atoms with E-state index in [1.165, 1.54) is 0 Å². The molecule has 7 heteroatoms. The molecule has 116 valence electrons. The van der Waals surface area contributed by atoms with Crippen molar-refractivity contribution >= 4 is 5.91 Å². The number of nitrogens with zero attached hydrogens (tertiary/aromatic N) is 2. The second-order valence-corrected chi connectivity index (χ2v) is 5.08. The molecule has 1 unspecified atom stereocenters. The highest BCUT2D eigenvalue weighted by Gasteiger charge is 2.22. The summed E-state index contributed by atoms with van der Waals surface area (Å²) in [5, 5.41) is 9.89. The van der Waals surface area contributed by atoms with E-state index in [1.54, 1.807) is 7.11 Å². The van der Waals surface area contributed by atoms with Gasteiger partial charge in [-0.05, 0) is 31.5 Å². The topological polar surface area (TPSA) is 89.3 Å². The summed E-state index contributed by atoms with van der Waals surface area (Å²) in [6, 6.07) is 7.32. The molecule has 0 spiro atoms. The molecule has 7 nitrogen and oxygen atoms in total. The first-order valence-electron chi connectivity index (χ1n) is 7.25. The molecule has 2 N–H and O–H groups in total. The van der Waals surface area contributed by atoms with Crippen LogP contribution in [0.3, 0.4) is 0 Å². The molecule has 2 heterocycles. The number of aromatic nitrogens is 2. The van der Waals surface area contributed by atoms with Gasteiger partial charge in [-0.15, -0.1) is 0 Å². The van der Waals surface area contributed by atoms with Crippen molar-refractivity contribution in [1.82, 2.24) is 20.8 Å². The number of carbonyl (C=O) groups is 1. The molecule has 0 saturated carbocycles. The van der Waals surface area contributed by atoms with Gasteiger partial charge in [0.05, 0.1) is 25.3 Å². The monoisotopic (exact) mass is 302 g/mol. The Bertz CT molecular complexity index is 650. The Kier molecular flexibility index (Phi) is 4.34. The summed E-state index contributed by atoms with van der Waals surface area (Å²) in [5.74, 6) is 1.46. The Morgan fingerprint density at radius 1 is 1.50 bits per heavy atom. The van der Waals surface area contributed by atoms with Crippen LogP contribution in [0.15, 0.2) is 28.8 Å². The van der Waals surface area contributed by atoms with Crippen LogP contribution in [0.25, 0.3) is 11.4 Å². The van der Waals surface area contributed by atoms with Crippen LogP contribution in [-0.4, -0.2) is 35.7 Å². The van der Waals surface area contributed by atoms with E-state index in [-0.39, 0.29) is 18.5 Å². The van der Waals surface area contributed by atoms with E-state index in [2.05, 4.69) is 20.8 Å². The normalized spacial score (nSPS) is 17.4. The highest BCUT2D eigenvalue weighted by Crippen LogP contribution is 2.26. The van der Waals surface area contributed by atoms with Crippen LogP contribution < -0.4 is 15.4 Å². The largest absolute Gasteiger partial charge is 0.496 e. The minimum atomic E-state index is -0.114. The van der Waals surface area contributed by atoms with Crippen LogP contribution in [-0.2, 0) is 11.3 Å². The third-order valence-electron chi connectivity index (χ3n) is 3.61. The Labute approximate surface area is 128 Å². The van der Waals surface area contributed by atoms with Gasteiger partial charge in [0, 0.05) is 0 Å². The lowest BCUT2D eigenvalue weighted by atomic mass is 10.2. The van der Waals surface area contributed by atoms with Crippen LogP contribution >= 0.6 is 0 Å². The number of para-hydroxylation sites is 1. The van der Waals surface area contributed by atoms with Gasteiger partial charge in [0.25, 0.3) is 0 Å². The van der Waals surface area contributed by atoms with E-state index >= 15 is 0 Å². The summed E-state index contributed by atoms with van der Waals surface area (Å²) in [4.78, 5) is 16.2. The smallest absolute Gasteiger partial charge is 0.246 e. The van der Waals surface area contributed by atoms with Gasteiger partial charge < -0.3 is 19.9 Å². The quantitative estimate of drug-likeness (QED) is 0.860. The molecule has 1 aliphatic rings. The minimum absolute atomic E-state index is 0.0328. The zero-order valence-corrected chi connectivity index (χ0v) is 12.3. The summed E-state index contributed by atoms with van der Waals surface area (Å²) in [6.45, 7) is 1.11. The lowest BCUT2D eigenvalue weighted by Gasteiger charge is -2.08. The Morgan fingerprint density at radius 3 is 3.14 bits per heavy atom. The van der Waals surface area contributed by atoms with Gasteiger partial charge in [-0.1, -0.05) is 17.3 Å². The van der Waals surface area contributed by atoms with Gasteiger partial charge in [-0.25, -0.2) is 0 Å². The van der Waals surface area contributed by atoms with Crippen molar-refractivity contribution in [3.05, 3.63) is 30.2 Å². The molecule has 0 radical (unpaired) electrons.